The second-order valence-corrected chi connectivity index (χ2v) is 16.0. The number of thiol groups is 2. The van der Waals surface area contributed by atoms with E-state index in [1.165, 1.54) is 128 Å². The summed E-state index contributed by atoms with van der Waals surface area (Å²) in [5.74, 6) is 0.428. The Hall–Kier alpha value is -0.670. The third-order valence-corrected chi connectivity index (χ3v) is 14.1. The Morgan fingerprint density at radius 3 is 0.974 bits per heavy atom. The van der Waals surface area contributed by atoms with Gasteiger partial charge in [0.2, 0.25) is 0 Å². The lowest BCUT2D eigenvalue weighted by molar-refractivity contribution is -0.115. The van der Waals surface area contributed by atoms with Crippen molar-refractivity contribution in [2.45, 2.75) is 168 Å². The minimum atomic E-state index is -0.496. The molecule has 0 radical (unpaired) electrons. The van der Waals surface area contributed by atoms with Crippen molar-refractivity contribution in [1.29, 1.82) is 0 Å². The molecule has 0 aromatic rings. The number of carbonyl (C=O) groups excluding carboxylic acids is 1. The van der Waals surface area contributed by atoms with Gasteiger partial charge in [-0.3, -0.25) is 4.79 Å². The summed E-state index contributed by atoms with van der Waals surface area (Å²) in [6.45, 7) is 11.1. The highest BCUT2D eigenvalue weighted by Crippen LogP contribution is 2.59. The molecule has 220 valence electrons. The van der Waals surface area contributed by atoms with E-state index in [0.717, 1.165) is 0 Å². The summed E-state index contributed by atoms with van der Waals surface area (Å²) in [4.78, 5) is 13.3. The first-order valence-electron chi connectivity index (χ1n) is 16.4. The Morgan fingerprint density at radius 1 is 0.500 bits per heavy atom. The van der Waals surface area contributed by atoms with E-state index in [1.54, 1.807) is 22.3 Å². The van der Waals surface area contributed by atoms with Crippen molar-refractivity contribution in [2.24, 2.45) is 0 Å². The average Bonchev–Trinajstić information content (AvgIpc) is 3.48. The predicted molar refractivity (Wildman–Crippen MR) is 180 cm³/mol. The summed E-state index contributed by atoms with van der Waals surface area (Å²) in [5, 5.41) is 10.4. The van der Waals surface area contributed by atoms with Gasteiger partial charge in [0.05, 0.1) is 4.58 Å². The Labute approximate surface area is 243 Å². The van der Waals surface area contributed by atoms with Crippen LogP contribution in [-0.2, 0) is 4.79 Å². The molecule has 3 heteroatoms. The third kappa shape index (κ3) is 11.8. The summed E-state index contributed by atoms with van der Waals surface area (Å²) in [5.41, 5.74) is 6.43. The van der Waals surface area contributed by atoms with E-state index in [4.69, 9.17) is 0 Å². The van der Waals surface area contributed by atoms with Crippen molar-refractivity contribution in [2.75, 3.05) is 0 Å². The molecule has 2 rings (SSSR count). The van der Waals surface area contributed by atoms with E-state index in [-0.39, 0.29) is 4.58 Å². The quantitative estimate of drug-likeness (QED) is 0.0935. The topological polar surface area (TPSA) is 17.1 Å². The zero-order valence-electron chi connectivity index (χ0n) is 25.8. The molecule has 0 bridgehead atoms. The molecule has 2 heterocycles. The molecule has 2 aliphatic rings. The molecule has 0 spiro atoms. The Morgan fingerprint density at radius 2 is 0.763 bits per heavy atom. The zero-order chi connectivity index (χ0) is 27.6. The molecule has 0 fully saturated rings. The molecule has 0 amide bonds. The van der Waals surface area contributed by atoms with Gasteiger partial charge in [-0.1, -0.05) is 105 Å². The molecule has 38 heavy (non-hydrogen) atoms. The lowest BCUT2D eigenvalue weighted by Crippen LogP contribution is -2.14. The summed E-state index contributed by atoms with van der Waals surface area (Å²) in [7, 11) is -0.992. The van der Waals surface area contributed by atoms with Gasteiger partial charge in [-0.05, 0) is 102 Å². The first kappa shape index (κ1) is 33.5. The van der Waals surface area contributed by atoms with Crippen LogP contribution in [0.2, 0.25) is 0 Å². The molecule has 1 nitrogen and oxygen atoms in total. The maximum absolute atomic E-state index is 13.3. The maximum Gasteiger partial charge on any atom is 0.150 e. The van der Waals surface area contributed by atoms with Crippen LogP contribution in [0.3, 0.4) is 0 Å². The van der Waals surface area contributed by atoms with Crippen molar-refractivity contribution < 1.29 is 4.79 Å². The number of allylic oxidation sites excluding steroid dienone is 4. The normalized spacial score (nSPS) is 17.2. The Bertz CT molecular complexity index is 687. The van der Waals surface area contributed by atoms with Gasteiger partial charge in [0.25, 0.3) is 0 Å². The predicted octanol–water partition coefficient (Wildman–Crippen LogP) is 12.3. The molecule has 0 aromatic carbocycles. The summed E-state index contributed by atoms with van der Waals surface area (Å²) < 4.78 is 0.192. The van der Waals surface area contributed by atoms with Crippen LogP contribution in [0.5, 0.6) is 0 Å². The molecule has 0 saturated heterocycles. The van der Waals surface area contributed by atoms with Crippen molar-refractivity contribution in [3.8, 4) is 0 Å². The first-order chi connectivity index (χ1) is 18.5. The molecule has 0 aromatic heterocycles. The summed E-state index contributed by atoms with van der Waals surface area (Å²) >= 11 is 0. The highest BCUT2D eigenvalue weighted by atomic mass is 32.3. The average molecular weight is 563 g/mol. The number of Topliss-reactive ketones (excluding diaryl/α,β-unsaturated/α-hetero) is 1. The van der Waals surface area contributed by atoms with Crippen LogP contribution in [0.15, 0.2) is 43.9 Å². The van der Waals surface area contributed by atoms with Gasteiger partial charge in [-0.15, -0.1) is 0 Å². The number of carbonyl (C=O) groups is 1. The molecule has 0 unspecified atom stereocenters. The van der Waals surface area contributed by atoms with Crippen molar-refractivity contribution in [3.05, 3.63) is 43.9 Å². The van der Waals surface area contributed by atoms with E-state index in [0.29, 0.717) is 5.78 Å². The molecule has 0 atom stereocenters. The minimum absolute atomic E-state index is 0.192. The highest BCUT2D eigenvalue weighted by molar-refractivity contribution is 8.39. The number of unbranched alkanes of at least 4 members (excludes halogenated alkanes) is 12. The van der Waals surface area contributed by atoms with E-state index in [9.17, 15) is 4.79 Å². The SMILES string of the molecule is CCCCCCC1=C[SH](C(C(C)=O)[SH]2C=C(CCCCCC)C(CCCCCC)=C2)C=C1CCCCCC. The minimum Gasteiger partial charge on any atom is -0.298 e. The van der Waals surface area contributed by atoms with E-state index in [1.807, 2.05) is 6.92 Å². The van der Waals surface area contributed by atoms with E-state index in [2.05, 4.69) is 49.3 Å². The number of hydrogen-bond donors (Lipinski definition) is 2. The molecule has 0 N–H and O–H groups in total. The van der Waals surface area contributed by atoms with Crippen LogP contribution >= 0.6 is 21.8 Å². The maximum atomic E-state index is 13.3. The molecule has 0 aliphatic carbocycles. The van der Waals surface area contributed by atoms with Crippen molar-refractivity contribution in [3.63, 3.8) is 0 Å². The smallest absolute Gasteiger partial charge is 0.150 e. The largest absolute Gasteiger partial charge is 0.298 e. The van der Waals surface area contributed by atoms with Gasteiger partial charge >= 0.3 is 0 Å². The molecular weight excluding hydrogens is 501 g/mol. The van der Waals surface area contributed by atoms with E-state index < -0.39 is 21.8 Å². The summed E-state index contributed by atoms with van der Waals surface area (Å²) in [6.07, 6.45) is 26.0. The van der Waals surface area contributed by atoms with Crippen LogP contribution in [-0.4, -0.2) is 10.4 Å². The van der Waals surface area contributed by atoms with Crippen molar-refractivity contribution in [1.82, 2.24) is 0 Å². The molecule has 2 aliphatic heterocycles. The molecular formula is C35H62OS2. The zero-order valence-corrected chi connectivity index (χ0v) is 27.6. The fraction of sp³-hybridized carbons (Fsp3) is 0.743. The Kier molecular flexibility index (Phi) is 17.9. The highest BCUT2D eigenvalue weighted by Gasteiger charge is 2.31. The van der Waals surface area contributed by atoms with Crippen molar-refractivity contribution >= 4 is 27.6 Å². The fourth-order valence-electron chi connectivity index (χ4n) is 5.85. The lowest BCUT2D eigenvalue weighted by Gasteiger charge is -2.28. The van der Waals surface area contributed by atoms with E-state index >= 15 is 0 Å². The van der Waals surface area contributed by atoms with Gasteiger partial charge in [-0.2, -0.15) is 21.8 Å². The summed E-state index contributed by atoms with van der Waals surface area (Å²) in [6, 6.07) is 0. The van der Waals surface area contributed by atoms with Gasteiger partial charge < -0.3 is 0 Å². The second-order valence-electron chi connectivity index (χ2n) is 11.7. The number of hydrogen-bond acceptors (Lipinski definition) is 1. The first-order valence-corrected chi connectivity index (χ1v) is 19.5. The number of rotatable bonds is 23. The van der Waals surface area contributed by atoms with Crippen LogP contribution in [0, 0.1) is 0 Å². The van der Waals surface area contributed by atoms with Gasteiger partial charge in [0.15, 0.2) is 5.78 Å². The van der Waals surface area contributed by atoms with Crippen LogP contribution in [0.4, 0.5) is 0 Å². The fourth-order valence-corrected chi connectivity index (χ4v) is 12.1. The van der Waals surface area contributed by atoms with Crippen LogP contribution in [0.25, 0.3) is 0 Å². The standard InChI is InChI=1S/C35H62OS2/c1-6-10-14-18-22-31-26-37(27-32(31)23-19-15-11-7-2)35(30(5)36)38-28-33(24-20-16-12-8-3)34(29-38)25-21-17-13-9-4/h26-29,35,37-38H,6-25H2,1-5H3. The Balaban J connectivity index is 2.21. The van der Waals surface area contributed by atoms with Crippen LogP contribution < -0.4 is 0 Å². The van der Waals surface area contributed by atoms with Gasteiger partial charge in [0, 0.05) is 0 Å². The second kappa shape index (κ2) is 20.2. The monoisotopic (exact) mass is 562 g/mol. The van der Waals surface area contributed by atoms with Gasteiger partial charge in [0.1, 0.15) is 0 Å². The third-order valence-electron chi connectivity index (χ3n) is 8.17. The number of ketones is 1. The molecule has 0 saturated carbocycles. The van der Waals surface area contributed by atoms with Gasteiger partial charge in [-0.25, -0.2) is 0 Å². The van der Waals surface area contributed by atoms with Crippen LogP contribution in [0.1, 0.15) is 163 Å². The lowest BCUT2D eigenvalue weighted by atomic mass is 9.97.